The molecule has 0 saturated carbocycles. The van der Waals surface area contributed by atoms with E-state index in [1.165, 1.54) is 0 Å². The van der Waals surface area contributed by atoms with Crippen LogP contribution in [0.2, 0.25) is 0 Å². The summed E-state index contributed by atoms with van der Waals surface area (Å²) in [5, 5.41) is 19.0. The molecule has 1 aromatic rings. The minimum Gasteiger partial charge on any atom is -0.504 e. The van der Waals surface area contributed by atoms with Gasteiger partial charge in [-0.15, -0.1) is 0 Å². The first-order valence-corrected chi connectivity index (χ1v) is 10.4. The summed E-state index contributed by atoms with van der Waals surface area (Å²) in [7, 11) is 0. The zero-order chi connectivity index (χ0) is 20.8. The van der Waals surface area contributed by atoms with Gasteiger partial charge < -0.3 is 24.6 Å². The summed E-state index contributed by atoms with van der Waals surface area (Å²) in [5.41, 5.74) is 0.412. The Morgan fingerprint density at radius 2 is 2.07 bits per heavy atom. The van der Waals surface area contributed by atoms with Crippen molar-refractivity contribution in [3.63, 3.8) is 0 Å². The third-order valence-corrected chi connectivity index (χ3v) is 6.63. The molecule has 3 heterocycles. The van der Waals surface area contributed by atoms with Gasteiger partial charge in [-0.05, 0) is 39.2 Å². The fourth-order valence-corrected chi connectivity index (χ4v) is 5.08. The van der Waals surface area contributed by atoms with E-state index in [0.29, 0.717) is 25.3 Å². The van der Waals surface area contributed by atoms with Gasteiger partial charge in [0.05, 0.1) is 12.2 Å². The van der Waals surface area contributed by atoms with E-state index in [1.54, 1.807) is 6.07 Å². The number of piperidine rings is 1. The predicted octanol–water partition coefficient (Wildman–Crippen LogP) is 3.11. The van der Waals surface area contributed by atoms with Gasteiger partial charge in [0.25, 0.3) is 0 Å². The van der Waals surface area contributed by atoms with Crippen molar-refractivity contribution in [3.05, 3.63) is 23.8 Å². The molecule has 1 amide bonds. The van der Waals surface area contributed by atoms with Gasteiger partial charge in [-0.1, -0.05) is 12.1 Å². The lowest BCUT2D eigenvalue weighted by Gasteiger charge is -2.53. The highest BCUT2D eigenvalue weighted by Gasteiger charge is 2.52. The molecule has 158 valence electrons. The molecule has 4 atom stereocenters. The Balaban J connectivity index is 1.47. The molecule has 2 N–H and O–H groups in total. The van der Waals surface area contributed by atoms with Crippen molar-refractivity contribution in [1.29, 1.82) is 0 Å². The van der Waals surface area contributed by atoms with Crippen molar-refractivity contribution in [2.24, 2.45) is 11.8 Å². The molecule has 2 saturated heterocycles. The van der Waals surface area contributed by atoms with Crippen LogP contribution in [-0.2, 0) is 14.3 Å². The summed E-state index contributed by atoms with van der Waals surface area (Å²) in [6.45, 7) is 5.34. The summed E-state index contributed by atoms with van der Waals surface area (Å²) in [6.07, 6.45) is 2.28. The molecule has 0 spiro atoms. The lowest BCUT2D eigenvalue weighted by atomic mass is 9.70. The highest BCUT2D eigenvalue weighted by molar-refractivity contribution is 5.77. The smallest absolute Gasteiger partial charge is 0.303 e. The standard InChI is InChI=1S/C22H29NO6/c1-22(2)15-11-13-12-23(18(25)7-4-8-19(26)27)10-9-17(13)28-20(15)14-5-3-6-16(24)21(14)29-22/h3,5-6,13,15,17,20,24H,4,7-12H2,1-2H3,(H,26,27)/t13-,15+,17+,20-/m1/s1. The number of aromatic hydroxyl groups is 1. The normalized spacial score (nSPS) is 29.8. The Labute approximate surface area is 170 Å². The minimum atomic E-state index is -0.867. The molecule has 1 aromatic carbocycles. The summed E-state index contributed by atoms with van der Waals surface area (Å²) in [5.74, 6) is 0.176. The van der Waals surface area contributed by atoms with Gasteiger partial charge in [-0.2, -0.15) is 0 Å². The lowest BCUT2D eigenvalue weighted by Crippen LogP contribution is -2.56. The van der Waals surface area contributed by atoms with E-state index in [-0.39, 0.29) is 48.5 Å². The molecular weight excluding hydrogens is 374 g/mol. The molecule has 0 aromatic heterocycles. The number of rotatable bonds is 4. The van der Waals surface area contributed by atoms with Crippen LogP contribution in [0.5, 0.6) is 11.5 Å². The molecule has 4 rings (SSSR count). The van der Waals surface area contributed by atoms with Crippen LogP contribution >= 0.6 is 0 Å². The molecule has 0 aliphatic carbocycles. The Hall–Kier alpha value is -2.28. The second-order valence-electron chi connectivity index (χ2n) is 8.97. The summed E-state index contributed by atoms with van der Waals surface area (Å²) in [6, 6.07) is 5.42. The van der Waals surface area contributed by atoms with E-state index in [0.717, 1.165) is 18.4 Å². The van der Waals surface area contributed by atoms with Gasteiger partial charge in [-0.25, -0.2) is 0 Å². The molecule has 3 aliphatic rings. The topological polar surface area (TPSA) is 96.3 Å². The Kier molecular flexibility index (Phi) is 5.19. The number of amides is 1. The molecule has 7 heteroatoms. The fourth-order valence-electron chi connectivity index (χ4n) is 5.08. The number of ether oxygens (including phenoxy) is 2. The lowest BCUT2D eigenvalue weighted by molar-refractivity contribution is -0.189. The molecule has 0 bridgehead atoms. The van der Waals surface area contributed by atoms with Gasteiger partial charge in [0, 0.05) is 43.3 Å². The van der Waals surface area contributed by atoms with Gasteiger partial charge in [0.2, 0.25) is 5.91 Å². The Bertz CT molecular complexity index is 806. The number of phenolic OH excluding ortho intramolecular Hbond substituents is 1. The van der Waals surface area contributed by atoms with Crippen molar-refractivity contribution < 1.29 is 29.3 Å². The largest absolute Gasteiger partial charge is 0.504 e. The maximum atomic E-state index is 12.5. The van der Waals surface area contributed by atoms with Crippen molar-refractivity contribution in [2.45, 2.75) is 63.8 Å². The zero-order valence-corrected chi connectivity index (χ0v) is 17.0. The number of hydrogen-bond donors (Lipinski definition) is 2. The van der Waals surface area contributed by atoms with E-state index in [9.17, 15) is 14.7 Å². The Morgan fingerprint density at radius 3 is 2.83 bits per heavy atom. The van der Waals surface area contributed by atoms with E-state index >= 15 is 0 Å². The first-order valence-electron chi connectivity index (χ1n) is 10.4. The van der Waals surface area contributed by atoms with Gasteiger partial charge >= 0.3 is 5.97 Å². The number of nitrogens with zero attached hydrogens (tertiary/aromatic N) is 1. The third kappa shape index (κ3) is 3.80. The molecule has 0 radical (unpaired) electrons. The number of carboxylic acids is 1. The van der Waals surface area contributed by atoms with Gasteiger partial charge in [0.1, 0.15) is 5.60 Å². The average molecular weight is 403 g/mol. The number of phenols is 1. The monoisotopic (exact) mass is 403 g/mol. The van der Waals surface area contributed by atoms with Gasteiger partial charge in [0.15, 0.2) is 11.5 Å². The molecular formula is C22H29NO6. The first-order chi connectivity index (χ1) is 13.8. The summed E-state index contributed by atoms with van der Waals surface area (Å²) < 4.78 is 12.7. The van der Waals surface area contributed by atoms with E-state index in [1.807, 2.05) is 30.9 Å². The first kappa shape index (κ1) is 20.0. The van der Waals surface area contributed by atoms with Crippen LogP contribution in [0.1, 0.15) is 57.6 Å². The number of hydrogen-bond acceptors (Lipinski definition) is 5. The Morgan fingerprint density at radius 1 is 1.28 bits per heavy atom. The molecule has 0 unspecified atom stereocenters. The highest BCUT2D eigenvalue weighted by atomic mass is 16.5. The van der Waals surface area contributed by atoms with Crippen LogP contribution in [0.3, 0.4) is 0 Å². The minimum absolute atomic E-state index is 0.0241. The molecule has 7 nitrogen and oxygen atoms in total. The molecule has 3 aliphatic heterocycles. The van der Waals surface area contributed by atoms with Crippen molar-refractivity contribution in [1.82, 2.24) is 4.90 Å². The van der Waals surface area contributed by atoms with Gasteiger partial charge in [-0.3, -0.25) is 9.59 Å². The van der Waals surface area contributed by atoms with E-state index in [4.69, 9.17) is 14.6 Å². The van der Waals surface area contributed by atoms with E-state index in [2.05, 4.69) is 0 Å². The summed E-state index contributed by atoms with van der Waals surface area (Å²) >= 11 is 0. The number of carbonyl (C=O) groups is 2. The van der Waals surface area contributed by atoms with Crippen LogP contribution < -0.4 is 4.74 Å². The number of para-hydroxylation sites is 1. The summed E-state index contributed by atoms with van der Waals surface area (Å²) in [4.78, 5) is 25.0. The molecule has 29 heavy (non-hydrogen) atoms. The number of carbonyl (C=O) groups excluding carboxylic acids is 1. The number of benzene rings is 1. The maximum absolute atomic E-state index is 12.5. The van der Waals surface area contributed by atoms with Crippen molar-refractivity contribution >= 4 is 11.9 Å². The quantitative estimate of drug-likeness (QED) is 0.802. The number of likely N-dealkylation sites (tertiary alicyclic amines) is 1. The average Bonchev–Trinajstić information content (AvgIpc) is 2.67. The van der Waals surface area contributed by atoms with E-state index < -0.39 is 11.6 Å². The van der Waals surface area contributed by atoms with Crippen molar-refractivity contribution in [2.75, 3.05) is 13.1 Å². The maximum Gasteiger partial charge on any atom is 0.303 e. The third-order valence-electron chi connectivity index (χ3n) is 6.63. The number of aliphatic carboxylic acids is 1. The molecule has 2 fully saturated rings. The van der Waals surface area contributed by atoms with Crippen LogP contribution in [0.25, 0.3) is 0 Å². The second kappa shape index (κ2) is 7.52. The number of fused-ring (bicyclic) bond motifs is 4. The number of carboxylic acid groups (broad SMARTS) is 1. The van der Waals surface area contributed by atoms with Crippen LogP contribution in [0.15, 0.2) is 18.2 Å². The zero-order valence-electron chi connectivity index (χ0n) is 17.0. The van der Waals surface area contributed by atoms with Crippen LogP contribution in [0.4, 0.5) is 0 Å². The highest BCUT2D eigenvalue weighted by Crippen LogP contribution is 2.54. The second-order valence-corrected chi connectivity index (χ2v) is 8.97. The van der Waals surface area contributed by atoms with Crippen LogP contribution in [-0.4, -0.2) is 51.8 Å². The van der Waals surface area contributed by atoms with Crippen LogP contribution in [0, 0.1) is 11.8 Å². The fraction of sp³-hybridized carbons (Fsp3) is 0.636. The predicted molar refractivity (Wildman–Crippen MR) is 105 cm³/mol. The van der Waals surface area contributed by atoms with Crippen molar-refractivity contribution in [3.8, 4) is 11.5 Å². The SMILES string of the molecule is CC1(C)Oc2c(O)cccc2[C@H]2O[C@H]3CCN(C(=O)CCCC(=O)O)C[C@H]3C[C@@H]21.